The van der Waals surface area contributed by atoms with Crippen LogP contribution in [0.15, 0.2) is 53.0 Å². The van der Waals surface area contributed by atoms with Crippen molar-refractivity contribution in [3.8, 4) is 0 Å². The Morgan fingerprint density at radius 1 is 1.12 bits per heavy atom. The molecule has 1 fully saturated rings. The molecular formula is C21H22O3S. The molecule has 0 spiro atoms. The van der Waals surface area contributed by atoms with Crippen LogP contribution in [0.4, 0.5) is 0 Å². The predicted molar refractivity (Wildman–Crippen MR) is 97.5 cm³/mol. The first-order valence-electron chi connectivity index (χ1n) is 8.84. The fourth-order valence-electron chi connectivity index (χ4n) is 4.72. The van der Waals surface area contributed by atoms with Gasteiger partial charge in [0.15, 0.2) is 11.6 Å². The number of hydrogen-bond acceptors (Lipinski definition) is 3. The van der Waals surface area contributed by atoms with E-state index >= 15 is 0 Å². The zero-order chi connectivity index (χ0) is 17.9. The van der Waals surface area contributed by atoms with E-state index in [1.807, 2.05) is 57.2 Å². The van der Waals surface area contributed by atoms with E-state index in [-0.39, 0.29) is 29.3 Å². The summed E-state index contributed by atoms with van der Waals surface area (Å²) in [4.78, 5) is 27.1. The van der Waals surface area contributed by atoms with Crippen LogP contribution in [-0.4, -0.2) is 20.5 Å². The summed E-state index contributed by atoms with van der Waals surface area (Å²) in [5.41, 5.74) is 1.67. The summed E-state index contributed by atoms with van der Waals surface area (Å²) in [7, 11) is -1.55. The first kappa shape index (κ1) is 16.6. The fraction of sp³-hybridized carbons (Fsp3) is 0.429. The largest absolute Gasteiger partial charge is 0.294 e. The van der Waals surface area contributed by atoms with E-state index in [0.29, 0.717) is 10.5 Å². The standard InChI is InChI=1S/C21H22O3S/c1-12(2)17-11-18(22)21(25(24)16-8-4-13(3)5-9-16)15-7-6-14(10-15)19(21)20(17)23/h4-9,11-12,14-15,19H,10H2,1-3H3/t14-,15+,19+,21+,25?/m0/s1. The normalized spacial score (nSPS) is 34.4. The van der Waals surface area contributed by atoms with Crippen LogP contribution < -0.4 is 0 Å². The molecule has 1 unspecified atom stereocenters. The molecule has 0 aromatic heterocycles. The summed E-state index contributed by atoms with van der Waals surface area (Å²) < 4.78 is 12.5. The van der Waals surface area contributed by atoms with E-state index in [1.54, 1.807) is 0 Å². The van der Waals surface area contributed by atoms with Gasteiger partial charge in [0.2, 0.25) is 0 Å². The number of rotatable bonds is 3. The molecule has 5 atom stereocenters. The lowest BCUT2D eigenvalue weighted by molar-refractivity contribution is -0.129. The van der Waals surface area contributed by atoms with E-state index < -0.39 is 21.5 Å². The molecule has 4 heteroatoms. The second kappa shape index (κ2) is 5.60. The van der Waals surface area contributed by atoms with Crippen LogP contribution in [0.1, 0.15) is 25.8 Å². The summed E-state index contributed by atoms with van der Waals surface area (Å²) in [5, 5.41) is 0. The molecule has 0 radical (unpaired) electrons. The highest BCUT2D eigenvalue weighted by atomic mass is 32.2. The molecule has 25 heavy (non-hydrogen) atoms. The van der Waals surface area contributed by atoms with Crippen LogP contribution in [0, 0.1) is 30.6 Å². The molecule has 4 rings (SSSR count). The van der Waals surface area contributed by atoms with Gasteiger partial charge in [0.05, 0.1) is 16.7 Å². The number of hydrogen-bond donors (Lipinski definition) is 0. The lowest BCUT2D eigenvalue weighted by Gasteiger charge is -2.41. The third-order valence-electron chi connectivity index (χ3n) is 5.96. The van der Waals surface area contributed by atoms with Crippen molar-refractivity contribution >= 4 is 22.4 Å². The summed E-state index contributed by atoms with van der Waals surface area (Å²) in [5.74, 6) is -0.683. The van der Waals surface area contributed by atoms with Crippen molar-refractivity contribution in [2.75, 3.05) is 0 Å². The Labute approximate surface area is 150 Å². The molecule has 3 aliphatic rings. The van der Waals surface area contributed by atoms with Crippen molar-refractivity contribution < 1.29 is 13.8 Å². The van der Waals surface area contributed by atoms with Crippen LogP contribution in [0.3, 0.4) is 0 Å². The first-order valence-corrected chi connectivity index (χ1v) is 9.99. The van der Waals surface area contributed by atoms with Crippen molar-refractivity contribution in [3.05, 3.63) is 53.6 Å². The van der Waals surface area contributed by atoms with Crippen LogP contribution in [0.2, 0.25) is 0 Å². The Balaban J connectivity index is 1.89. The Morgan fingerprint density at radius 3 is 2.44 bits per heavy atom. The number of carbonyl (C=O) groups is 2. The molecule has 3 aliphatic carbocycles. The third kappa shape index (κ3) is 2.13. The van der Waals surface area contributed by atoms with E-state index in [4.69, 9.17) is 0 Å². The van der Waals surface area contributed by atoms with Gasteiger partial charge in [-0.2, -0.15) is 0 Å². The summed E-state index contributed by atoms with van der Waals surface area (Å²) in [6.45, 7) is 5.84. The molecule has 1 aromatic carbocycles. The maximum Gasteiger partial charge on any atom is 0.176 e. The molecule has 1 saturated carbocycles. The molecular weight excluding hydrogens is 332 g/mol. The lowest BCUT2D eigenvalue weighted by atomic mass is 9.69. The van der Waals surface area contributed by atoms with Crippen LogP contribution in [0.25, 0.3) is 0 Å². The number of Topliss-reactive ketones (excluding diaryl/α,β-unsaturated/α-hetero) is 1. The average molecular weight is 354 g/mol. The molecule has 0 heterocycles. The minimum atomic E-state index is -1.55. The number of allylic oxidation sites excluding steroid dienone is 4. The van der Waals surface area contributed by atoms with Crippen molar-refractivity contribution in [2.24, 2.45) is 23.7 Å². The third-order valence-corrected chi connectivity index (χ3v) is 8.03. The molecule has 1 aromatic rings. The quantitative estimate of drug-likeness (QED) is 0.782. The summed E-state index contributed by atoms with van der Waals surface area (Å²) in [6.07, 6.45) is 6.30. The predicted octanol–water partition coefficient (Wildman–Crippen LogP) is 3.40. The van der Waals surface area contributed by atoms with Crippen LogP contribution in [0.5, 0.6) is 0 Å². The number of benzene rings is 1. The fourth-order valence-corrected chi connectivity index (χ4v) is 6.70. The van der Waals surface area contributed by atoms with Gasteiger partial charge in [-0.25, -0.2) is 0 Å². The molecule has 2 bridgehead atoms. The van der Waals surface area contributed by atoms with Crippen molar-refractivity contribution in [2.45, 2.75) is 36.8 Å². The van der Waals surface area contributed by atoms with Crippen molar-refractivity contribution in [1.29, 1.82) is 0 Å². The highest BCUT2D eigenvalue weighted by Gasteiger charge is 2.67. The second-order valence-corrected chi connectivity index (χ2v) is 9.41. The highest BCUT2D eigenvalue weighted by molar-refractivity contribution is 7.87. The highest BCUT2D eigenvalue weighted by Crippen LogP contribution is 2.58. The molecule has 130 valence electrons. The number of fused-ring (bicyclic) bond motifs is 5. The topological polar surface area (TPSA) is 51.2 Å². The number of aryl methyl sites for hydroxylation is 1. The molecule has 0 saturated heterocycles. The first-order chi connectivity index (χ1) is 11.9. The van der Waals surface area contributed by atoms with E-state index in [1.165, 1.54) is 6.08 Å². The number of carbonyl (C=O) groups excluding carboxylic acids is 2. The lowest BCUT2D eigenvalue weighted by Crippen LogP contribution is -2.57. The number of ketones is 2. The van der Waals surface area contributed by atoms with Gasteiger partial charge in [0.25, 0.3) is 0 Å². The van der Waals surface area contributed by atoms with E-state index in [9.17, 15) is 13.8 Å². The van der Waals surface area contributed by atoms with Gasteiger partial charge in [-0.3, -0.25) is 13.8 Å². The Hall–Kier alpha value is -1.81. The van der Waals surface area contributed by atoms with E-state index in [2.05, 4.69) is 0 Å². The van der Waals surface area contributed by atoms with Crippen molar-refractivity contribution in [3.63, 3.8) is 0 Å². The van der Waals surface area contributed by atoms with Gasteiger partial charge in [0, 0.05) is 16.4 Å². The van der Waals surface area contributed by atoms with Crippen LogP contribution >= 0.6 is 0 Å². The molecule has 3 nitrogen and oxygen atoms in total. The van der Waals surface area contributed by atoms with Gasteiger partial charge in [-0.05, 0) is 43.4 Å². The maximum atomic E-state index is 13.6. The monoisotopic (exact) mass is 354 g/mol. The average Bonchev–Trinajstić information content (AvgIpc) is 3.18. The second-order valence-electron chi connectivity index (χ2n) is 7.73. The molecule has 0 amide bonds. The van der Waals surface area contributed by atoms with Gasteiger partial charge in [0.1, 0.15) is 4.75 Å². The smallest absolute Gasteiger partial charge is 0.176 e. The van der Waals surface area contributed by atoms with Gasteiger partial charge < -0.3 is 0 Å². The Morgan fingerprint density at radius 2 is 1.80 bits per heavy atom. The molecule has 0 N–H and O–H groups in total. The van der Waals surface area contributed by atoms with Gasteiger partial charge in [-0.1, -0.05) is 43.7 Å². The zero-order valence-electron chi connectivity index (χ0n) is 14.7. The Bertz CT molecular complexity index is 846. The minimum Gasteiger partial charge on any atom is -0.294 e. The summed E-state index contributed by atoms with van der Waals surface area (Å²) in [6, 6.07) is 7.47. The zero-order valence-corrected chi connectivity index (χ0v) is 15.5. The minimum absolute atomic E-state index is 0.00497. The maximum absolute atomic E-state index is 13.6. The summed E-state index contributed by atoms with van der Waals surface area (Å²) >= 11 is 0. The molecule has 0 aliphatic heterocycles. The van der Waals surface area contributed by atoms with Gasteiger partial charge >= 0.3 is 0 Å². The SMILES string of the molecule is Cc1ccc(S(=O)[C@]23C(=O)C=C(C(C)C)C(=O)[C@H]2[C@H]2C=C[C@@H]3C2)cc1. The van der Waals surface area contributed by atoms with Gasteiger partial charge in [-0.15, -0.1) is 0 Å². The Kier molecular flexibility index (Phi) is 3.73. The van der Waals surface area contributed by atoms with E-state index in [0.717, 1.165) is 12.0 Å². The van der Waals surface area contributed by atoms with Crippen LogP contribution in [-0.2, 0) is 20.4 Å². The van der Waals surface area contributed by atoms with Crippen molar-refractivity contribution in [1.82, 2.24) is 0 Å².